The Hall–Kier alpha value is -2.76. The zero-order chi connectivity index (χ0) is 13.7. The highest BCUT2D eigenvalue weighted by molar-refractivity contribution is 5.99. The Labute approximate surface area is 110 Å². The van der Waals surface area contributed by atoms with E-state index in [1.807, 2.05) is 12.1 Å². The van der Waals surface area contributed by atoms with Gasteiger partial charge in [0.15, 0.2) is 0 Å². The molecule has 1 aromatic carbocycles. The molecule has 0 aliphatic heterocycles. The maximum Gasteiger partial charge on any atom is 0.270 e. The van der Waals surface area contributed by atoms with Crippen molar-refractivity contribution in [3.05, 3.63) is 64.3 Å². The van der Waals surface area contributed by atoms with E-state index in [0.717, 1.165) is 0 Å². The Balaban J connectivity index is 2.17. The summed E-state index contributed by atoms with van der Waals surface area (Å²) in [5.74, 6) is 0.618. The van der Waals surface area contributed by atoms with Crippen molar-refractivity contribution in [1.82, 2.24) is 4.98 Å². The van der Waals surface area contributed by atoms with Crippen molar-refractivity contribution in [2.75, 3.05) is 5.43 Å². The van der Waals surface area contributed by atoms with Gasteiger partial charge in [0.1, 0.15) is 5.82 Å². The molecular formula is C13H12N4O2. The van der Waals surface area contributed by atoms with Gasteiger partial charge >= 0.3 is 0 Å². The largest absolute Gasteiger partial charge is 0.270 e. The molecule has 0 fully saturated rings. The summed E-state index contributed by atoms with van der Waals surface area (Å²) in [6, 6.07) is 11.8. The lowest BCUT2D eigenvalue weighted by molar-refractivity contribution is -0.384. The zero-order valence-electron chi connectivity index (χ0n) is 10.3. The van der Waals surface area contributed by atoms with Gasteiger partial charge < -0.3 is 0 Å². The van der Waals surface area contributed by atoms with Gasteiger partial charge in [-0.15, -0.1) is 0 Å². The maximum absolute atomic E-state index is 10.7. The van der Waals surface area contributed by atoms with E-state index in [-0.39, 0.29) is 5.69 Å². The standard InChI is InChI=1S/C13H12N4O2/c1-10(15-16-13-7-2-3-8-14-13)11-5-4-6-12(9-11)17(18)19/h2-9H,1H3,(H,14,16)/b15-10+. The van der Waals surface area contributed by atoms with Crippen molar-refractivity contribution < 1.29 is 4.92 Å². The highest BCUT2D eigenvalue weighted by Crippen LogP contribution is 2.14. The van der Waals surface area contributed by atoms with Crippen molar-refractivity contribution in [2.45, 2.75) is 6.92 Å². The number of non-ortho nitro benzene ring substituents is 1. The summed E-state index contributed by atoms with van der Waals surface area (Å²) >= 11 is 0. The Morgan fingerprint density at radius 2 is 2.16 bits per heavy atom. The summed E-state index contributed by atoms with van der Waals surface area (Å²) in [6.07, 6.45) is 1.65. The van der Waals surface area contributed by atoms with Crippen LogP contribution in [0, 0.1) is 10.1 Å². The summed E-state index contributed by atoms with van der Waals surface area (Å²) in [7, 11) is 0. The highest BCUT2D eigenvalue weighted by Gasteiger charge is 2.07. The minimum Gasteiger partial charge on any atom is -0.261 e. The lowest BCUT2D eigenvalue weighted by atomic mass is 10.1. The van der Waals surface area contributed by atoms with E-state index in [4.69, 9.17) is 0 Å². The van der Waals surface area contributed by atoms with Gasteiger partial charge in [-0.25, -0.2) is 4.98 Å². The molecule has 1 N–H and O–H groups in total. The summed E-state index contributed by atoms with van der Waals surface area (Å²) in [6.45, 7) is 1.77. The molecular weight excluding hydrogens is 244 g/mol. The SMILES string of the molecule is C/C(=N\Nc1ccccn1)c1cccc([N+](=O)[O-])c1. The normalized spacial score (nSPS) is 11.1. The van der Waals surface area contributed by atoms with Crippen LogP contribution in [0.5, 0.6) is 0 Å². The van der Waals surface area contributed by atoms with Crippen LogP contribution in [-0.4, -0.2) is 15.6 Å². The van der Waals surface area contributed by atoms with Crippen LogP contribution in [0.25, 0.3) is 0 Å². The van der Waals surface area contributed by atoms with Crippen molar-refractivity contribution in [3.63, 3.8) is 0 Å². The first-order valence-corrected chi connectivity index (χ1v) is 5.63. The van der Waals surface area contributed by atoms with E-state index < -0.39 is 4.92 Å². The third-order valence-electron chi connectivity index (χ3n) is 2.48. The number of hydrogen-bond donors (Lipinski definition) is 1. The van der Waals surface area contributed by atoms with Gasteiger partial charge in [0.05, 0.1) is 10.6 Å². The molecule has 0 unspecified atom stereocenters. The topological polar surface area (TPSA) is 80.4 Å². The lowest BCUT2D eigenvalue weighted by Gasteiger charge is -2.02. The van der Waals surface area contributed by atoms with Gasteiger partial charge in [-0.1, -0.05) is 18.2 Å². The van der Waals surface area contributed by atoms with E-state index in [0.29, 0.717) is 17.1 Å². The smallest absolute Gasteiger partial charge is 0.261 e. The van der Waals surface area contributed by atoms with Crippen LogP contribution in [0.2, 0.25) is 0 Å². The first-order chi connectivity index (χ1) is 9.16. The van der Waals surface area contributed by atoms with E-state index in [9.17, 15) is 10.1 Å². The summed E-state index contributed by atoms with van der Waals surface area (Å²) in [5, 5.41) is 14.8. The van der Waals surface area contributed by atoms with Crippen molar-refractivity contribution in [3.8, 4) is 0 Å². The molecule has 0 radical (unpaired) electrons. The van der Waals surface area contributed by atoms with Crippen LogP contribution in [0.15, 0.2) is 53.8 Å². The van der Waals surface area contributed by atoms with Gasteiger partial charge in [0.25, 0.3) is 5.69 Å². The summed E-state index contributed by atoms with van der Waals surface area (Å²) < 4.78 is 0. The predicted molar refractivity (Wildman–Crippen MR) is 73.2 cm³/mol. The predicted octanol–water partition coefficient (Wildman–Crippen LogP) is 2.83. The van der Waals surface area contributed by atoms with Gasteiger partial charge in [0.2, 0.25) is 0 Å². The Morgan fingerprint density at radius 3 is 2.84 bits per heavy atom. The summed E-state index contributed by atoms with van der Waals surface area (Å²) in [5.41, 5.74) is 4.18. The number of hydrazone groups is 1. The number of pyridine rings is 1. The van der Waals surface area contributed by atoms with Gasteiger partial charge in [-0.05, 0) is 19.1 Å². The number of nitro groups is 1. The first kappa shape index (κ1) is 12.7. The van der Waals surface area contributed by atoms with Crippen molar-refractivity contribution in [1.29, 1.82) is 0 Å². The number of anilines is 1. The van der Waals surface area contributed by atoms with Crippen LogP contribution in [0.3, 0.4) is 0 Å². The molecule has 0 bridgehead atoms. The van der Waals surface area contributed by atoms with Crippen LogP contribution in [0.1, 0.15) is 12.5 Å². The fraction of sp³-hybridized carbons (Fsp3) is 0.0769. The quantitative estimate of drug-likeness (QED) is 0.518. The van der Waals surface area contributed by atoms with E-state index in [1.54, 1.807) is 31.3 Å². The fourth-order valence-electron chi connectivity index (χ4n) is 1.48. The number of nitro benzene ring substituents is 1. The lowest BCUT2D eigenvalue weighted by Crippen LogP contribution is -2.01. The fourth-order valence-corrected chi connectivity index (χ4v) is 1.48. The molecule has 96 valence electrons. The third-order valence-corrected chi connectivity index (χ3v) is 2.48. The zero-order valence-corrected chi connectivity index (χ0v) is 10.3. The molecule has 0 saturated carbocycles. The van der Waals surface area contributed by atoms with Gasteiger partial charge in [-0.3, -0.25) is 15.5 Å². The van der Waals surface area contributed by atoms with Crippen LogP contribution in [0.4, 0.5) is 11.5 Å². The third kappa shape index (κ3) is 3.35. The molecule has 6 nitrogen and oxygen atoms in total. The highest BCUT2D eigenvalue weighted by atomic mass is 16.6. The van der Waals surface area contributed by atoms with E-state index in [2.05, 4.69) is 15.5 Å². The second-order valence-electron chi connectivity index (χ2n) is 3.83. The minimum absolute atomic E-state index is 0.0462. The number of hydrogen-bond acceptors (Lipinski definition) is 5. The Bertz CT molecular complexity index is 611. The van der Waals surface area contributed by atoms with E-state index in [1.165, 1.54) is 12.1 Å². The average Bonchev–Trinajstić information content (AvgIpc) is 2.46. The van der Waals surface area contributed by atoms with Crippen LogP contribution >= 0.6 is 0 Å². The average molecular weight is 256 g/mol. The van der Waals surface area contributed by atoms with Crippen molar-refractivity contribution in [2.24, 2.45) is 5.10 Å². The molecule has 0 atom stereocenters. The molecule has 0 aliphatic carbocycles. The number of nitrogens with zero attached hydrogens (tertiary/aromatic N) is 3. The van der Waals surface area contributed by atoms with E-state index >= 15 is 0 Å². The van der Waals surface area contributed by atoms with Crippen molar-refractivity contribution >= 4 is 17.2 Å². The maximum atomic E-state index is 10.7. The monoisotopic (exact) mass is 256 g/mol. The first-order valence-electron chi connectivity index (χ1n) is 5.63. The molecule has 0 aliphatic rings. The molecule has 0 amide bonds. The Kier molecular flexibility index (Phi) is 3.82. The Morgan fingerprint density at radius 1 is 1.32 bits per heavy atom. The molecule has 19 heavy (non-hydrogen) atoms. The molecule has 6 heteroatoms. The second kappa shape index (κ2) is 5.72. The molecule has 2 aromatic rings. The van der Waals surface area contributed by atoms with Crippen LogP contribution in [-0.2, 0) is 0 Å². The van der Waals surface area contributed by atoms with Gasteiger partial charge in [-0.2, -0.15) is 5.10 Å². The number of aromatic nitrogens is 1. The molecule has 0 saturated heterocycles. The molecule has 2 rings (SSSR count). The number of rotatable bonds is 4. The molecule has 1 aromatic heterocycles. The van der Waals surface area contributed by atoms with Gasteiger partial charge in [0, 0.05) is 23.9 Å². The number of benzene rings is 1. The second-order valence-corrected chi connectivity index (χ2v) is 3.83. The molecule has 0 spiro atoms. The minimum atomic E-state index is -0.428. The van der Waals surface area contributed by atoms with Crippen LogP contribution < -0.4 is 5.43 Å². The molecule has 1 heterocycles. The number of nitrogens with one attached hydrogen (secondary N) is 1. The summed E-state index contributed by atoms with van der Waals surface area (Å²) in [4.78, 5) is 14.3.